The highest BCUT2D eigenvalue weighted by Crippen LogP contribution is 2.18. The van der Waals surface area contributed by atoms with Gasteiger partial charge < -0.3 is 63.7 Å². The highest BCUT2D eigenvalue weighted by Gasteiger charge is 2.36. The van der Waals surface area contributed by atoms with E-state index in [9.17, 15) is 53.1 Å². The number of carbonyl (C=O) groups excluding carboxylic acids is 10. The number of aliphatic hydroxyl groups excluding tert-OH is 1. The molecule has 1 aromatic heterocycles. The van der Waals surface area contributed by atoms with Gasteiger partial charge in [0.05, 0.1) is 44.2 Å². The number of unbranched alkanes of at least 4 members (excludes halogenated alkanes) is 1. The van der Waals surface area contributed by atoms with Gasteiger partial charge in [-0.2, -0.15) is 12.6 Å². The van der Waals surface area contributed by atoms with Crippen molar-refractivity contribution in [2.24, 2.45) is 11.5 Å². The van der Waals surface area contributed by atoms with Gasteiger partial charge in [-0.1, -0.05) is 0 Å². The van der Waals surface area contributed by atoms with Gasteiger partial charge in [-0.3, -0.25) is 53.3 Å². The first kappa shape index (κ1) is 49.5. The number of nitrogens with one attached hydrogen (secondary N) is 9. The fraction of sp³-hybridized carbons (Fsp3) is 0.618. The smallest absolute Gasteiger partial charge is 0.249 e. The molecule has 0 unspecified atom stereocenters. The third kappa shape index (κ3) is 17.0. The molecule has 0 spiro atoms. The zero-order valence-electron chi connectivity index (χ0n) is 32.8. The lowest BCUT2D eigenvalue weighted by molar-refractivity contribution is -0.138. The topological polar surface area (TPSA) is 371 Å². The second kappa shape index (κ2) is 25.6. The van der Waals surface area contributed by atoms with Crippen LogP contribution in [-0.2, 0) is 54.4 Å². The molecule has 1 fully saturated rings. The predicted molar refractivity (Wildman–Crippen MR) is 210 cm³/mol. The first-order valence-electron chi connectivity index (χ1n) is 18.8. The molecule has 10 amide bonds. The second-order valence-corrected chi connectivity index (χ2v) is 13.8. The summed E-state index contributed by atoms with van der Waals surface area (Å²) < 4.78 is 0. The van der Waals surface area contributed by atoms with Crippen molar-refractivity contribution in [2.75, 3.05) is 45.6 Å². The minimum atomic E-state index is -1.63. The number of H-pyrrole nitrogens is 1. The molecule has 59 heavy (non-hydrogen) atoms. The number of nitrogens with zero attached hydrogens (tertiary/aromatic N) is 2. The summed E-state index contributed by atoms with van der Waals surface area (Å²) in [5, 5.41) is 28.8. The number of aromatic amines is 1. The van der Waals surface area contributed by atoms with E-state index in [1.54, 1.807) is 0 Å². The van der Waals surface area contributed by atoms with Gasteiger partial charge in [-0.25, -0.2) is 4.98 Å². The summed E-state index contributed by atoms with van der Waals surface area (Å²) in [5.74, 6) is -8.19. The number of amides is 10. The molecule has 0 saturated carbocycles. The fourth-order valence-corrected chi connectivity index (χ4v) is 6.04. The lowest BCUT2D eigenvalue weighted by Gasteiger charge is -2.26. The van der Waals surface area contributed by atoms with Crippen LogP contribution in [0.1, 0.15) is 51.1 Å². The fourth-order valence-electron chi connectivity index (χ4n) is 5.78. The van der Waals surface area contributed by atoms with Crippen LogP contribution in [0.3, 0.4) is 0 Å². The van der Waals surface area contributed by atoms with Crippen molar-refractivity contribution in [1.82, 2.24) is 57.4 Å². The molecule has 0 bridgehead atoms. The Morgan fingerprint density at radius 1 is 0.864 bits per heavy atom. The summed E-state index contributed by atoms with van der Waals surface area (Å²) in [6.07, 6.45) is 4.53. The molecule has 1 saturated heterocycles. The summed E-state index contributed by atoms with van der Waals surface area (Å²) in [5.41, 5.74) is 11.1. The van der Waals surface area contributed by atoms with Crippen molar-refractivity contribution >= 4 is 71.7 Å². The molecule has 25 heteroatoms. The minimum Gasteiger partial charge on any atom is -0.394 e. The Labute approximate surface area is 345 Å². The average molecular weight is 854 g/mol. The number of aromatic nitrogens is 2. The monoisotopic (exact) mass is 853 g/mol. The zero-order valence-corrected chi connectivity index (χ0v) is 33.7. The number of nitrogens with two attached hydrogens (primary N) is 2. The maximum Gasteiger partial charge on any atom is 0.249 e. The minimum absolute atomic E-state index is 0.120. The highest BCUT2D eigenvalue weighted by molar-refractivity contribution is 7.80. The Morgan fingerprint density at radius 2 is 1.54 bits per heavy atom. The number of likely N-dealkylation sites (tertiary alicyclic amines) is 1. The van der Waals surface area contributed by atoms with Crippen LogP contribution in [0.15, 0.2) is 12.5 Å². The van der Waals surface area contributed by atoms with Crippen molar-refractivity contribution in [3.63, 3.8) is 0 Å². The SMILES string of the molecule is CN[C@@H](CC(=O)NC(=O)[C@H](CS)NC(=O)[C@H](CO)NC(=O)[C@H](Cc1c[nH]cn1)NC(=O)[C@@H]1CCCN1C(C)=O)C(=O)NCC(=O)NCC(=O)N[C@@H](CCCCN)C(N)=O. The van der Waals surface area contributed by atoms with Crippen LogP contribution in [0.2, 0.25) is 0 Å². The zero-order chi connectivity index (χ0) is 44.1. The van der Waals surface area contributed by atoms with E-state index in [0.717, 1.165) is 0 Å². The molecule has 328 valence electrons. The van der Waals surface area contributed by atoms with Gasteiger partial charge in [-0.15, -0.1) is 0 Å². The first-order valence-corrected chi connectivity index (χ1v) is 19.4. The number of imidazole rings is 1. The van der Waals surface area contributed by atoms with Crippen LogP contribution >= 0.6 is 12.6 Å². The molecule has 2 rings (SSSR count). The van der Waals surface area contributed by atoms with Gasteiger partial charge >= 0.3 is 0 Å². The molecule has 0 radical (unpaired) electrons. The van der Waals surface area contributed by atoms with Gasteiger partial charge in [-0.05, 0) is 45.7 Å². The molecule has 2 heterocycles. The van der Waals surface area contributed by atoms with Crippen LogP contribution in [-0.4, -0.2) is 161 Å². The highest BCUT2D eigenvalue weighted by atomic mass is 32.1. The van der Waals surface area contributed by atoms with E-state index in [1.807, 2.05) is 5.32 Å². The molecule has 14 N–H and O–H groups in total. The Balaban J connectivity index is 1.91. The second-order valence-electron chi connectivity index (χ2n) is 13.4. The number of imide groups is 1. The lowest BCUT2D eigenvalue weighted by Crippen LogP contribution is -2.60. The molecule has 0 aromatic carbocycles. The molecule has 24 nitrogen and oxygen atoms in total. The van der Waals surface area contributed by atoms with Crippen molar-refractivity contribution < 1.29 is 53.1 Å². The summed E-state index contributed by atoms with van der Waals surface area (Å²) >= 11 is 4.06. The van der Waals surface area contributed by atoms with Crippen LogP contribution in [0.4, 0.5) is 0 Å². The van der Waals surface area contributed by atoms with Gasteiger partial charge in [0.15, 0.2) is 0 Å². The number of primary amides is 1. The number of likely N-dealkylation sites (N-methyl/N-ethyl adjacent to an activating group) is 1. The Morgan fingerprint density at radius 3 is 2.14 bits per heavy atom. The van der Waals surface area contributed by atoms with Crippen molar-refractivity contribution in [1.29, 1.82) is 0 Å². The quantitative estimate of drug-likeness (QED) is 0.0321. The largest absolute Gasteiger partial charge is 0.394 e. The van der Waals surface area contributed by atoms with E-state index in [1.165, 1.54) is 31.4 Å². The Bertz CT molecular complexity index is 1650. The molecule has 0 aliphatic carbocycles. The third-order valence-electron chi connectivity index (χ3n) is 9.00. The first-order chi connectivity index (χ1) is 28.0. The summed E-state index contributed by atoms with van der Waals surface area (Å²) in [7, 11) is 1.34. The number of rotatable bonds is 25. The van der Waals surface area contributed by atoms with E-state index in [4.69, 9.17) is 11.5 Å². The number of carbonyl (C=O) groups is 10. The maximum absolute atomic E-state index is 13.4. The Kier molecular flexibility index (Phi) is 21.5. The van der Waals surface area contributed by atoms with E-state index >= 15 is 0 Å². The molecule has 6 atom stereocenters. The Hall–Kier alpha value is -5.66. The normalized spacial score (nSPS) is 15.9. The summed E-state index contributed by atoms with van der Waals surface area (Å²) in [6, 6.07) is -7.39. The average Bonchev–Trinajstić information content (AvgIpc) is 3.91. The number of thiol groups is 1. The molecule has 1 aromatic rings. The van der Waals surface area contributed by atoms with E-state index in [-0.39, 0.29) is 24.5 Å². The van der Waals surface area contributed by atoms with Gasteiger partial charge in [0, 0.05) is 31.8 Å². The standard InChI is InChI=1S/C34H55N13O11S/c1-18(49)47-9-5-7-25(47)34(58)43-22(10-19-12-38-17-41-19)31(55)44-23(15-48)32(56)45-24(16-59)33(57)46-26(50)11-21(37-2)30(54)40-13-27(51)39-14-28(52)42-20(29(36)53)6-3-4-8-35/h12,17,20-25,37,48,59H,3-11,13-16,35H2,1-2H3,(H2,36,53)(H,38,41)(H,39,51)(H,40,54)(H,42,52)(H,43,58)(H,44,55)(H,45,56)(H,46,50,57)/t20-,21-,22-,23-,24-,25-/m0/s1. The van der Waals surface area contributed by atoms with E-state index in [2.05, 4.69) is 59.8 Å². The van der Waals surface area contributed by atoms with Crippen molar-refractivity contribution in [3.05, 3.63) is 18.2 Å². The van der Waals surface area contributed by atoms with Gasteiger partial charge in [0.2, 0.25) is 59.1 Å². The van der Waals surface area contributed by atoms with Gasteiger partial charge in [0.25, 0.3) is 0 Å². The molecule has 1 aliphatic heterocycles. The van der Waals surface area contributed by atoms with E-state index < -0.39 is 116 Å². The third-order valence-corrected chi connectivity index (χ3v) is 9.37. The molecular weight excluding hydrogens is 799 g/mol. The van der Waals surface area contributed by atoms with Crippen LogP contribution in [0.5, 0.6) is 0 Å². The van der Waals surface area contributed by atoms with Crippen molar-refractivity contribution in [2.45, 2.75) is 88.1 Å². The van der Waals surface area contributed by atoms with Crippen LogP contribution < -0.4 is 54.0 Å². The summed E-state index contributed by atoms with van der Waals surface area (Å²) in [6.45, 7) is 0.0589. The number of aliphatic hydroxyl groups is 1. The predicted octanol–water partition coefficient (Wildman–Crippen LogP) is -6.71. The summed E-state index contributed by atoms with van der Waals surface area (Å²) in [4.78, 5) is 134. The van der Waals surface area contributed by atoms with E-state index in [0.29, 0.717) is 44.5 Å². The van der Waals surface area contributed by atoms with Gasteiger partial charge in [0.1, 0.15) is 30.2 Å². The number of hydrogen-bond acceptors (Lipinski definition) is 15. The molecular formula is C34H55N13O11S. The van der Waals surface area contributed by atoms with Crippen molar-refractivity contribution in [3.8, 4) is 0 Å². The molecule has 1 aliphatic rings. The van der Waals surface area contributed by atoms with Crippen LogP contribution in [0.25, 0.3) is 0 Å². The number of hydrogen-bond donors (Lipinski definition) is 13. The van der Waals surface area contributed by atoms with Crippen LogP contribution in [0, 0.1) is 0 Å². The maximum atomic E-state index is 13.4. The lowest BCUT2D eigenvalue weighted by atomic mass is 10.1.